The molecule has 0 saturated heterocycles. The first kappa shape index (κ1) is 12.2. The van der Waals surface area contributed by atoms with E-state index in [2.05, 4.69) is 17.8 Å². The van der Waals surface area contributed by atoms with Gasteiger partial charge in [-0.2, -0.15) is 0 Å². The Balaban J connectivity index is 2.77. The second-order valence-electron chi connectivity index (χ2n) is 3.48. The van der Waals surface area contributed by atoms with E-state index in [1.165, 1.54) is 16.6 Å². The minimum absolute atomic E-state index is 0.0340. The lowest BCUT2D eigenvalue weighted by molar-refractivity contribution is 0.685. The highest BCUT2D eigenvalue weighted by molar-refractivity contribution is 7.98. The van der Waals surface area contributed by atoms with E-state index in [0.717, 1.165) is 11.3 Å². The lowest BCUT2D eigenvalue weighted by Crippen LogP contribution is -2.22. The van der Waals surface area contributed by atoms with Gasteiger partial charge in [0.25, 0.3) is 5.56 Å². The van der Waals surface area contributed by atoms with Gasteiger partial charge in [0, 0.05) is 4.88 Å². The number of rotatable bonds is 3. The Kier molecular flexibility index (Phi) is 3.55. The van der Waals surface area contributed by atoms with Crippen LogP contribution in [-0.4, -0.2) is 15.8 Å². The molecule has 0 radical (unpaired) electrons. The average molecular weight is 264 g/mol. The van der Waals surface area contributed by atoms with Crippen molar-refractivity contribution < 1.29 is 0 Å². The molecular formula is C12H12N2OS2. The number of hydrogen-bond donors (Lipinski definition) is 0. The molecule has 0 saturated carbocycles. The molecule has 0 N–H and O–H groups in total. The topological polar surface area (TPSA) is 34.9 Å². The summed E-state index contributed by atoms with van der Waals surface area (Å²) in [6.45, 7) is 2.34. The third kappa shape index (κ3) is 2.11. The minimum atomic E-state index is -0.0340. The highest BCUT2D eigenvalue weighted by atomic mass is 32.2. The molecule has 0 spiro atoms. The lowest BCUT2D eigenvalue weighted by Gasteiger charge is -2.06. The summed E-state index contributed by atoms with van der Waals surface area (Å²) >= 11 is 3.02. The summed E-state index contributed by atoms with van der Waals surface area (Å²) in [6, 6.07) is 1.92. The van der Waals surface area contributed by atoms with Crippen molar-refractivity contribution in [3.63, 3.8) is 0 Å². The van der Waals surface area contributed by atoms with Crippen LogP contribution in [0.2, 0.25) is 0 Å². The summed E-state index contributed by atoms with van der Waals surface area (Å²) in [6.07, 6.45) is 8.10. The molecule has 0 amide bonds. The number of hydrogen-bond acceptors (Lipinski definition) is 4. The van der Waals surface area contributed by atoms with Crippen LogP contribution in [0.4, 0.5) is 0 Å². The predicted octanol–water partition coefficient (Wildman–Crippen LogP) is 2.38. The van der Waals surface area contributed by atoms with Gasteiger partial charge in [0.1, 0.15) is 4.83 Å². The van der Waals surface area contributed by atoms with Gasteiger partial charge < -0.3 is 0 Å². The first-order chi connectivity index (χ1) is 8.21. The Morgan fingerprint density at radius 3 is 3.00 bits per heavy atom. The molecule has 0 fully saturated rings. The van der Waals surface area contributed by atoms with Gasteiger partial charge >= 0.3 is 0 Å². The van der Waals surface area contributed by atoms with Crippen molar-refractivity contribution >= 4 is 33.3 Å². The van der Waals surface area contributed by atoms with Gasteiger partial charge in [-0.25, -0.2) is 4.98 Å². The maximum absolute atomic E-state index is 12.2. The highest BCUT2D eigenvalue weighted by Crippen LogP contribution is 2.24. The van der Waals surface area contributed by atoms with E-state index < -0.39 is 0 Å². The van der Waals surface area contributed by atoms with Crippen LogP contribution in [-0.2, 0) is 13.0 Å². The number of terminal acetylenes is 1. The van der Waals surface area contributed by atoms with E-state index in [1.54, 1.807) is 15.9 Å². The summed E-state index contributed by atoms with van der Waals surface area (Å²) in [4.78, 5) is 18.7. The Morgan fingerprint density at radius 1 is 1.65 bits per heavy atom. The first-order valence-corrected chi connectivity index (χ1v) is 7.26. The van der Waals surface area contributed by atoms with Crippen LogP contribution in [0.3, 0.4) is 0 Å². The minimum Gasteiger partial charge on any atom is -0.275 e. The van der Waals surface area contributed by atoms with Crippen LogP contribution in [0.25, 0.3) is 10.2 Å². The molecule has 0 bridgehead atoms. The Bertz CT molecular complexity index is 649. The van der Waals surface area contributed by atoms with Crippen molar-refractivity contribution in [2.24, 2.45) is 0 Å². The van der Waals surface area contributed by atoms with E-state index >= 15 is 0 Å². The number of nitrogens with zero attached hydrogens (tertiary/aromatic N) is 2. The summed E-state index contributed by atoms with van der Waals surface area (Å²) in [5.41, 5.74) is -0.0340. The molecule has 2 aromatic heterocycles. The van der Waals surface area contributed by atoms with E-state index in [4.69, 9.17) is 6.42 Å². The number of thiophene rings is 1. The van der Waals surface area contributed by atoms with Gasteiger partial charge in [0.2, 0.25) is 0 Å². The maximum atomic E-state index is 12.2. The van der Waals surface area contributed by atoms with Crippen LogP contribution in [0, 0.1) is 12.3 Å². The molecule has 0 unspecified atom stereocenters. The molecule has 0 atom stereocenters. The zero-order valence-corrected chi connectivity index (χ0v) is 11.3. The number of thioether (sulfide) groups is 1. The molecule has 0 aromatic carbocycles. The van der Waals surface area contributed by atoms with E-state index in [9.17, 15) is 4.79 Å². The summed E-state index contributed by atoms with van der Waals surface area (Å²) < 4.78 is 1.55. The SMILES string of the molecule is C#CCn1c(SC)nc2sc(CC)cc2c1=O. The van der Waals surface area contributed by atoms with Crippen LogP contribution in [0.1, 0.15) is 11.8 Å². The maximum Gasteiger partial charge on any atom is 0.263 e. The Hall–Kier alpha value is -1.25. The summed E-state index contributed by atoms with van der Waals surface area (Å²) in [5, 5.41) is 1.37. The summed E-state index contributed by atoms with van der Waals surface area (Å²) in [5.74, 6) is 2.50. The molecule has 0 aliphatic carbocycles. The molecule has 2 heterocycles. The van der Waals surface area contributed by atoms with Gasteiger partial charge in [-0.05, 0) is 18.7 Å². The smallest absolute Gasteiger partial charge is 0.263 e. The molecule has 5 heteroatoms. The molecule has 88 valence electrons. The zero-order valence-electron chi connectivity index (χ0n) is 9.69. The summed E-state index contributed by atoms with van der Waals surface area (Å²) in [7, 11) is 0. The molecule has 2 rings (SSSR count). The van der Waals surface area contributed by atoms with Crippen LogP contribution in [0.15, 0.2) is 16.0 Å². The fourth-order valence-electron chi connectivity index (χ4n) is 1.61. The van der Waals surface area contributed by atoms with Crippen molar-refractivity contribution in [3.05, 3.63) is 21.3 Å². The molecule has 2 aromatic rings. The first-order valence-electron chi connectivity index (χ1n) is 5.22. The standard InChI is InChI=1S/C12H12N2OS2/c1-4-6-14-11(15)9-7-8(5-2)17-10(9)13-12(14)16-3/h1,7H,5-6H2,2-3H3. The van der Waals surface area contributed by atoms with Crippen LogP contribution in [0.5, 0.6) is 0 Å². The van der Waals surface area contributed by atoms with Crippen LogP contribution >= 0.6 is 23.1 Å². The Morgan fingerprint density at radius 2 is 2.41 bits per heavy atom. The van der Waals surface area contributed by atoms with Gasteiger partial charge in [-0.1, -0.05) is 24.6 Å². The molecule has 0 aliphatic rings. The normalized spacial score (nSPS) is 10.6. The third-order valence-electron chi connectivity index (χ3n) is 2.45. The predicted molar refractivity (Wildman–Crippen MR) is 73.9 cm³/mol. The van der Waals surface area contributed by atoms with Crippen molar-refractivity contribution in [2.45, 2.75) is 25.0 Å². The Labute approximate surface area is 108 Å². The van der Waals surface area contributed by atoms with E-state index in [1.807, 2.05) is 12.3 Å². The molecular weight excluding hydrogens is 252 g/mol. The van der Waals surface area contributed by atoms with E-state index in [-0.39, 0.29) is 12.1 Å². The van der Waals surface area contributed by atoms with Gasteiger partial charge in [0.05, 0.1) is 11.9 Å². The second-order valence-corrected chi connectivity index (χ2v) is 5.37. The van der Waals surface area contributed by atoms with Crippen molar-refractivity contribution in [1.82, 2.24) is 9.55 Å². The van der Waals surface area contributed by atoms with Crippen molar-refractivity contribution in [2.75, 3.05) is 6.26 Å². The van der Waals surface area contributed by atoms with Crippen molar-refractivity contribution in [3.8, 4) is 12.3 Å². The second kappa shape index (κ2) is 4.94. The molecule has 17 heavy (non-hydrogen) atoms. The molecule has 3 nitrogen and oxygen atoms in total. The fourth-order valence-corrected chi connectivity index (χ4v) is 3.17. The molecule has 0 aliphatic heterocycles. The van der Waals surface area contributed by atoms with Gasteiger partial charge in [-0.3, -0.25) is 9.36 Å². The van der Waals surface area contributed by atoms with E-state index in [0.29, 0.717) is 10.5 Å². The quantitative estimate of drug-likeness (QED) is 0.485. The highest BCUT2D eigenvalue weighted by Gasteiger charge is 2.12. The number of fused-ring (bicyclic) bond motifs is 1. The number of aryl methyl sites for hydroxylation is 1. The van der Waals surface area contributed by atoms with Gasteiger partial charge in [0.15, 0.2) is 5.16 Å². The van der Waals surface area contributed by atoms with Crippen molar-refractivity contribution in [1.29, 1.82) is 0 Å². The fraction of sp³-hybridized carbons (Fsp3) is 0.333. The van der Waals surface area contributed by atoms with Gasteiger partial charge in [-0.15, -0.1) is 17.8 Å². The number of aromatic nitrogens is 2. The zero-order chi connectivity index (χ0) is 12.4. The largest absolute Gasteiger partial charge is 0.275 e. The lowest BCUT2D eigenvalue weighted by atomic mass is 10.3. The third-order valence-corrected chi connectivity index (χ3v) is 4.30. The monoisotopic (exact) mass is 264 g/mol. The average Bonchev–Trinajstić information content (AvgIpc) is 2.76. The van der Waals surface area contributed by atoms with Crippen LogP contribution < -0.4 is 5.56 Å².